The summed E-state index contributed by atoms with van der Waals surface area (Å²) in [6.07, 6.45) is 3.00. The van der Waals surface area contributed by atoms with Crippen molar-refractivity contribution in [3.8, 4) is 11.8 Å². The summed E-state index contributed by atoms with van der Waals surface area (Å²) in [7, 11) is -3.39. The number of aliphatic hydroxyl groups is 1. The van der Waals surface area contributed by atoms with E-state index in [4.69, 9.17) is 4.74 Å². The Hall–Kier alpha value is -1.62. The van der Waals surface area contributed by atoms with Crippen LogP contribution in [0.2, 0.25) is 0 Å². The summed E-state index contributed by atoms with van der Waals surface area (Å²) in [5.74, 6) is 0.700. The number of sulfonamides is 1. The highest BCUT2D eigenvalue weighted by Crippen LogP contribution is 2.50. The van der Waals surface area contributed by atoms with Crippen LogP contribution in [0.4, 0.5) is 0 Å². The molecule has 1 aromatic rings. The first-order chi connectivity index (χ1) is 11.5. The molecule has 2 fully saturated rings. The fourth-order valence-electron chi connectivity index (χ4n) is 4.33. The molecule has 2 atom stereocenters. The van der Waals surface area contributed by atoms with Gasteiger partial charge in [0.05, 0.1) is 23.4 Å². The molecular formula is C17H20N2O4S. The molecule has 4 rings (SSSR count). The average molecular weight is 348 g/mol. The van der Waals surface area contributed by atoms with Gasteiger partial charge in [0.1, 0.15) is 17.5 Å². The number of hydrogen-bond donors (Lipinski definition) is 1. The highest BCUT2D eigenvalue weighted by Gasteiger charge is 2.54. The molecule has 0 aromatic heterocycles. The minimum Gasteiger partial charge on any atom is -0.484 e. The van der Waals surface area contributed by atoms with Crippen molar-refractivity contribution in [3.05, 3.63) is 29.3 Å². The Labute approximate surface area is 141 Å². The normalized spacial score (nSPS) is 30.7. The van der Waals surface area contributed by atoms with Crippen LogP contribution in [0.5, 0.6) is 5.75 Å². The van der Waals surface area contributed by atoms with E-state index < -0.39 is 27.8 Å². The van der Waals surface area contributed by atoms with E-state index in [2.05, 4.69) is 6.07 Å². The second-order valence-corrected chi connectivity index (χ2v) is 8.95. The van der Waals surface area contributed by atoms with E-state index in [0.717, 1.165) is 25.7 Å². The molecule has 3 aliphatic rings. The van der Waals surface area contributed by atoms with Gasteiger partial charge >= 0.3 is 0 Å². The maximum absolute atomic E-state index is 12.5. The molecule has 0 radical (unpaired) electrons. The molecule has 1 spiro atoms. The smallest absolute Gasteiger partial charge is 0.214 e. The summed E-state index contributed by atoms with van der Waals surface area (Å²) in [6.45, 7) is 0.399. The lowest BCUT2D eigenvalue weighted by molar-refractivity contribution is -0.0957. The summed E-state index contributed by atoms with van der Waals surface area (Å²) in [5.41, 5.74) is 0.322. The Morgan fingerprint density at radius 1 is 1.29 bits per heavy atom. The van der Waals surface area contributed by atoms with E-state index in [1.807, 2.05) is 0 Å². The molecule has 24 heavy (non-hydrogen) atoms. The van der Waals surface area contributed by atoms with Crippen molar-refractivity contribution in [2.75, 3.05) is 12.3 Å². The molecule has 0 amide bonds. The maximum atomic E-state index is 12.5. The zero-order valence-electron chi connectivity index (χ0n) is 13.3. The van der Waals surface area contributed by atoms with Crippen LogP contribution in [-0.2, 0) is 10.0 Å². The van der Waals surface area contributed by atoms with Gasteiger partial charge in [-0.15, -0.1) is 0 Å². The molecule has 7 heteroatoms. The molecule has 2 heterocycles. The quantitative estimate of drug-likeness (QED) is 0.834. The predicted octanol–water partition coefficient (Wildman–Crippen LogP) is 1.70. The van der Waals surface area contributed by atoms with Crippen molar-refractivity contribution in [1.82, 2.24) is 4.31 Å². The monoisotopic (exact) mass is 348 g/mol. The molecule has 1 saturated heterocycles. The molecule has 1 aromatic carbocycles. The summed E-state index contributed by atoms with van der Waals surface area (Å²) in [5, 5.41) is 20.3. The minimum absolute atomic E-state index is 0.108. The lowest BCUT2D eigenvalue weighted by Crippen LogP contribution is -2.55. The van der Waals surface area contributed by atoms with Crippen molar-refractivity contribution in [2.24, 2.45) is 0 Å². The standard InChI is InChI=1S/C17H20N2O4S/c18-11-12-4-5-14-13(10-12)15(19-8-3-9-24(19,21)22)16(20)17(23-14)6-1-2-7-17/h4-5,10,15-16,20H,1-3,6-9H2/t15-,16+/m0/s1. The van der Waals surface area contributed by atoms with Gasteiger partial charge < -0.3 is 9.84 Å². The van der Waals surface area contributed by atoms with Crippen LogP contribution in [0.25, 0.3) is 0 Å². The molecule has 1 saturated carbocycles. The second-order valence-electron chi connectivity index (χ2n) is 6.91. The van der Waals surface area contributed by atoms with Crippen molar-refractivity contribution >= 4 is 10.0 Å². The molecule has 0 unspecified atom stereocenters. The number of fused-ring (bicyclic) bond motifs is 1. The van der Waals surface area contributed by atoms with Crippen LogP contribution in [0, 0.1) is 11.3 Å². The molecule has 1 N–H and O–H groups in total. The molecular weight excluding hydrogens is 328 g/mol. The van der Waals surface area contributed by atoms with Gasteiger partial charge in [0.25, 0.3) is 0 Å². The lowest BCUT2D eigenvalue weighted by atomic mass is 9.82. The topological polar surface area (TPSA) is 90.6 Å². The highest BCUT2D eigenvalue weighted by molar-refractivity contribution is 7.89. The average Bonchev–Trinajstić information content (AvgIpc) is 3.16. The van der Waals surface area contributed by atoms with E-state index >= 15 is 0 Å². The maximum Gasteiger partial charge on any atom is 0.214 e. The Bertz CT molecular complexity index is 808. The number of nitrogens with zero attached hydrogens (tertiary/aromatic N) is 2. The third-order valence-electron chi connectivity index (χ3n) is 5.51. The van der Waals surface area contributed by atoms with Gasteiger partial charge in [-0.3, -0.25) is 0 Å². The third-order valence-corrected chi connectivity index (χ3v) is 7.44. The largest absolute Gasteiger partial charge is 0.484 e. The van der Waals surface area contributed by atoms with E-state index in [-0.39, 0.29) is 5.75 Å². The van der Waals surface area contributed by atoms with E-state index in [9.17, 15) is 18.8 Å². The molecule has 128 valence electrons. The molecule has 6 nitrogen and oxygen atoms in total. The Balaban J connectivity index is 1.87. The van der Waals surface area contributed by atoms with Gasteiger partial charge in [0, 0.05) is 12.1 Å². The van der Waals surface area contributed by atoms with E-state index in [0.29, 0.717) is 29.8 Å². The van der Waals surface area contributed by atoms with Crippen LogP contribution in [0.15, 0.2) is 18.2 Å². The fourth-order valence-corrected chi connectivity index (χ4v) is 6.04. The Morgan fingerprint density at radius 2 is 2.04 bits per heavy atom. The lowest BCUT2D eigenvalue weighted by Gasteiger charge is -2.46. The van der Waals surface area contributed by atoms with Crippen molar-refractivity contribution in [3.63, 3.8) is 0 Å². The second kappa shape index (κ2) is 5.45. The van der Waals surface area contributed by atoms with Crippen LogP contribution in [-0.4, -0.2) is 41.8 Å². The first-order valence-corrected chi connectivity index (χ1v) is 9.98. The number of ether oxygens (including phenoxy) is 1. The number of benzene rings is 1. The molecule has 0 bridgehead atoms. The Morgan fingerprint density at radius 3 is 2.67 bits per heavy atom. The van der Waals surface area contributed by atoms with Gasteiger partial charge in [0.15, 0.2) is 0 Å². The first kappa shape index (κ1) is 15.9. The van der Waals surface area contributed by atoms with Gasteiger partial charge in [-0.2, -0.15) is 9.57 Å². The van der Waals surface area contributed by atoms with Crippen LogP contribution >= 0.6 is 0 Å². The predicted molar refractivity (Wildman–Crippen MR) is 86.8 cm³/mol. The van der Waals surface area contributed by atoms with Crippen LogP contribution in [0.1, 0.15) is 49.3 Å². The number of aliphatic hydroxyl groups excluding tert-OH is 1. The van der Waals surface area contributed by atoms with Crippen LogP contribution in [0.3, 0.4) is 0 Å². The SMILES string of the molecule is N#Cc1ccc2c(c1)[C@H](N1CCCS1(=O)=O)[C@@H](O)C1(CCCC1)O2. The van der Waals surface area contributed by atoms with Crippen molar-refractivity contribution in [1.29, 1.82) is 5.26 Å². The highest BCUT2D eigenvalue weighted by atomic mass is 32.2. The first-order valence-electron chi connectivity index (χ1n) is 8.37. The van der Waals surface area contributed by atoms with E-state index in [1.165, 1.54) is 4.31 Å². The number of rotatable bonds is 1. The van der Waals surface area contributed by atoms with Gasteiger partial charge in [-0.1, -0.05) is 0 Å². The van der Waals surface area contributed by atoms with Crippen LogP contribution < -0.4 is 4.74 Å². The molecule has 1 aliphatic carbocycles. The zero-order valence-corrected chi connectivity index (χ0v) is 14.1. The van der Waals surface area contributed by atoms with Crippen molar-refractivity contribution < 1.29 is 18.3 Å². The number of nitriles is 1. The third kappa shape index (κ3) is 2.25. The summed E-state index contributed by atoms with van der Waals surface area (Å²) in [4.78, 5) is 0. The van der Waals surface area contributed by atoms with Gasteiger partial charge in [-0.05, 0) is 50.3 Å². The summed E-state index contributed by atoms with van der Waals surface area (Å²) >= 11 is 0. The summed E-state index contributed by atoms with van der Waals surface area (Å²) in [6, 6.07) is 6.46. The summed E-state index contributed by atoms with van der Waals surface area (Å²) < 4.78 is 32.6. The van der Waals surface area contributed by atoms with Gasteiger partial charge in [-0.25, -0.2) is 8.42 Å². The fraction of sp³-hybridized carbons (Fsp3) is 0.588. The van der Waals surface area contributed by atoms with Crippen molar-refractivity contribution in [2.45, 2.75) is 49.9 Å². The van der Waals surface area contributed by atoms with Gasteiger partial charge in [0.2, 0.25) is 10.0 Å². The number of hydrogen-bond acceptors (Lipinski definition) is 5. The zero-order chi connectivity index (χ0) is 16.9. The molecule has 2 aliphatic heterocycles. The Kier molecular flexibility index (Phi) is 3.60. The minimum atomic E-state index is -3.39. The van der Waals surface area contributed by atoms with E-state index in [1.54, 1.807) is 18.2 Å².